The van der Waals surface area contributed by atoms with E-state index in [0.29, 0.717) is 5.91 Å². The van der Waals surface area contributed by atoms with E-state index in [-0.39, 0.29) is 5.92 Å². The molecular formula is C23H32N2O. The van der Waals surface area contributed by atoms with Crippen LogP contribution in [0.3, 0.4) is 0 Å². The van der Waals surface area contributed by atoms with Gasteiger partial charge in [0.1, 0.15) is 0 Å². The van der Waals surface area contributed by atoms with Gasteiger partial charge >= 0.3 is 0 Å². The molecule has 0 radical (unpaired) electrons. The number of unbranched alkanes of at least 4 members (excludes halogenated alkanes) is 2. The maximum atomic E-state index is 12.9. The molecule has 2 aromatic rings. The molecule has 1 aliphatic rings. The third-order valence-corrected chi connectivity index (χ3v) is 5.68. The van der Waals surface area contributed by atoms with Gasteiger partial charge in [0.25, 0.3) is 0 Å². The predicted octanol–water partition coefficient (Wildman–Crippen LogP) is 5.16. The smallest absolute Gasteiger partial charge is 0.226 e. The van der Waals surface area contributed by atoms with Gasteiger partial charge < -0.3 is 9.47 Å². The van der Waals surface area contributed by atoms with E-state index >= 15 is 0 Å². The molecule has 1 aliphatic carbocycles. The Labute approximate surface area is 158 Å². The van der Waals surface area contributed by atoms with Crippen molar-refractivity contribution in [2.24, 2.45) is 5.92 Å². The van der Waals surface area contributed by atoms with Crippen LogP contribution < -0.4 is 0 Å². The summed E-state index contributed by atoms with van der Waals surface area (Å²) in [6, 6.07) is 12.8. The normalized spacial score (nSPS) is 14.2. The quantitative estimate of drug-likeness (QED) is 0.572. The number of carbonyl (C=O) groups is 1. The Morgan fingerprint density at radius 2 is 1.96 bits per heavy atom. The van der Waals surface area contributed by atoms with Gasteiger partial charge in [-0.2, -0.15) is 0 Å². The second-order valence-corrected chi connectivity index (χ2v) is 7.65. The number of aromatic nitrogens is 1. The summed E-state index contributed by atoms with van der Waals surface area (Å²) in [4.78, 5) is 15.0. The van der Waals surface area contributed by atoms with Crippen molar-refractivity contribution in [3.8, 4) is 0 Å². The van der Waals surface area contributed by atoms with Gasteiger partial charge in [-0.1, -0.05) is 50.5 Å². The lowest BCUT2D eigenvalue weighted by atomic mass is 9.84. The van der Waals surface area contributed by atoms with Crippen LogP contribution in [-0.2, 0) is 17.9 Å². The van der Waals surface area contributed by atoms with Crippen molar-refractivity contribution >= 4 is 5.91 Å². The Bertz CT molecular complexity index is 715. The molecule has 1 amide bonds. The molecule has 0 N–H and O–H groups in total. The molecule has 0 atom stereocenters. The van der Waals surface area contributed by atoms with Crippen molar-refractivity contribution in [3.63, 3.8) is 0 Å². The van der Waals surface area contributed by atoms with Crippen molar-refractivity contribution in [2.45, 2.75) is 65.5 Å². The summed E-state index contributed by atoms with van der Waals surface area (Å²) in [7, 11) is 0. The highest BCUT2D eigenvalue weighted by molar-refractivity contribution is 5.79. The minimum atomic E-state index is 0.274. The highest BCUT2D eigenvalue weighted by Gasteiger charge is 2.29. The third-order valence-electron chi connectivity index (χ3n) is 5.68. The molecule has 1 fully saturated rings. The van der Waals surface area contributed by atoms with Crippen LogP contribution in [0.1, 0.15) is 62.3 Å². The Morgan fingerprint density at radius 3 is 2.65 bits per heavy atom. The standard InChI is InChI=1S/C23H32N2O/c1-3-4-7-15-25(23(26)20-12-8-13-20)18-22-14-9-16-24(22)17-21-11-6-5-10-19(21)2/h5-6,9-11,14,16,20H,3-4,7-8,12-13,15,17-18H2,1-2H3. The molecule has 1 aromatic carbocycles. The molecule has 1 saturated carbocycles. The molecule has 0 unspecified atom stereocenters. The van der Waals surface area contributed by atoms with Crippen LogP contribution in [0.4, 0.5) is 0 Å². The van der Waals surface area contributed by atoms with Gasteiger partial charge in [-0.25, -0.2) is 0 Å². The molecule has 140 valence electrons. The van der Waals surface area contributed by atoms with Gasteiger partial charge in [-0.3, -0.25) is 4.79 Å². The van der Waals surface area contributed by atoms with E-state index in [9.17, 15) is 4.79 Å². The van der Waals surface area contributed by atoms with Gasteiger partial charge in [-0.05, 0) is 49.4 Å². The molecule has 26 heavy (non-hydrogen) atoms. The summed E-state index contributed by atoms with van der Waals surface area (Å²) in [6.45, 7) is 6.87. The van der Waals surface area contributed by atoms with E-state index in [2.05, 4.69) is 65.9 Å². The Balaban J connectivity index is 1.71. The van der Waals surface area contributed by atoms with Crippen LogP contribution in [0, 0.1) is 12.8 Å². The third kappa shape index (κ3) is 4.57. The average molecular weight is 353 g/mol. The zero-order valence-corrected chi connectivity index (χ0v) is 16.3. The van der Waals surface area contributed by atoms with Crippen molar-refractivity contribution in [3.05, 3.63) is 59.4 Å². The second-order valence-electron chi connectivity index (χ2n) is 7.65. The van der Waals surface area contributed by atoms with Crippen LogP contribution in [-0.4, -0.2) is 21.9 Å². The minimum absolute atomic E-state index is 0.274. The van der Waals surface area contributed by atoms with Gasteiger partial charge in [0.2, 0.25) is 5.91 Å². The molecule has 1 heterocycles. The molecule has 3 heteroatoms. The van der Waals surface area contributed by atoms with E-state index in [1.165, 1.54) is 36.1 Å². The summed E-state index contributed by atoms with van der Waals surface area (Å²) in [5.74, 6) is 0.646. The maximum Gasteiger partial charge on any atom is 0.226 e. The van der Waals surface area contributed by atoms with Crippen molar-refractivity contribution in [1.82, 2.24) is 9.47 Å². The zero-order chi connectivity index (χ0) is 18.4. The average Bonchev–Trinajstić information content (AvgIpc) is 3.01. The summed E-state index contributed by atoms with van der Waals surface area (Å²) >= 11 is 0. The number of aryl methyl sites for hydroxylation is 1. The Hall–Kier alpha value is -2.03. The topological polar surface area (TPSA) is 25.2 Å². The van der Waals surface area contributed by atoms with Crippen molar-refractivity contribution < 1.29 is 4.79 Å². The lowest BCUT2D eigenvalue weighted by Crippen LogP contribution is -2.39. The number of carbonyl (C=O) groups excluding carboxylic acids is 1. The number of nitrogens with zero attached hydrogens (tertiary/aromatic N) is 2. The molecule has 0 saturated heterocycles. The number of benzene rings is 1. The van der Waals surface area contributed by atoms with E-state index in [1.54, 1.807) is 0 Å². The highest BCUT2D eigenvalue weighted by atomic mass is 16.2. The molecule has 0 aliphatic heterocycles. The SMILES string of the molecule is CCCCCN(Cc1cccn1Cc1ccccc1C)C(=O)C1CCC1. The minimum Gasteiger partial charge on any atom is -0.345 e. The molecule has 1 aromatic heterocycles. The van der Waals surface area contributed by atoms with E-state index in [4.69, 9.17) is 0 Å². The molecule has 0 bridgehead atoms. The van der Waals surface area contributed by atoms with Crippen LogP contribution in [0.2, 0.25) is 0 Å². The first-order valence-electron chi connectivity index (χ1n) is 10.2. The van der Waals surface area contributed by atoms with Crippen LogP contribution >= 0.6 is 0 Å². The van der Waals surface area contributed by atoms with Crippen molar-refractivity contribution in [2.75, 3.05) is 6.54 Å². The summed E-state index contributed by atoms with van der Waals surface area (Å²) in [6.07, 6.45) is 8.99. The fourth-order valence-electron chi connectivity index (χ4n) is 3.65. The summed E-state index contributed by atoms with van der Waals surface area (Å²) in [5, 5.41) is 0. The number of hydrogen-bond donors (Lipinski definition) is 0. The van der Waals surface area contributed by atoms with Crippen LogP contribution in [0.5, 0.6) is 0 Å². The van der Waals surface area contributed by atoms with Gasteiger partial charge in [0, 0.05) is 30.9 Å². The monoisotopic (exact) mass is 352 g/mol. The highest BCUT2D eigenvalue weighted by Crippen LogP contribution is 2.29. The lowest BCUT2D eigenvalue weighted by molar-refractivity contribution is -0.139. The molecule has 0 spiro atoms. The largest absolute Gasteiger partial charge is 0.345 e. The first-order valence-corrected chi connectivity index (χ1v) is 10.2. The first-order chi connectivity index (χ1) is 12.7. The Kier molecular flexibility index (Phi) is 6.54. The summed E-state index contributed by atoms with van der Waals surface area (Å²) in [5.41, 5.74) is 3.89. The van der Waals surface area contributed by atoms with E-state index in [1.807, 2.05) is 0 Å². The molecule has 3 nitrogen and oxygen atoms in total. The number of amides is 1. The molecular weight excluding hydrogens is 320 g/mol. The van der Waals surface area contributed by atoms with E-state index in [0.717, 1.165) is 38.9 Å². The van der Waals surface area contributed by atoms with Gasteiger partial charge in [0.05, 0.1) is 6.54 Å². The second kappa shape index (κ2) is 9.07. The maximum absolute atomic E-state index is 12.9. The van der Waals surface area contributed by atoms with Crippen LogP contribution in [0.25, 0.3) is 0 Å². The fraction of sp³-hybridized carbons (Fsp3) is 0.522. The van der Waals surface area contributed by atoms with E-state index < -0.39 is 0 Å². The molecule has 3 rings (SSSR count). The summed E-state index contributed by atoms with van der Waals surface area (Å²) < 4.78 is 2.29. The number of rotatable bonds is 9. The first kappa shape index (κ1) is 18.8. The van der Waals surface area contributed by atoms with Gasteiger partial charge in [0.15, 0.2) is 0 Å². The lowest BCUT2D eigenvalue weighted by Gasteiger charge is -2.32. The zero-order valence-electron chi connectivity index (χ0n) is 16.3. The number of hydrogen-bond acceptors (Lipinski definition) is 1. The van der Waals surface area contributed by atoms with Gasteiger partial charge in [-0.15, -0.1) is 0 Å². The fourth-order valence-corrected chi connectivity index (χ4v) is 3.65. The van der Waals surface area contributed by atoms with Crippen LogP contribution in [0.15, 0.2) is 42.6 Å². The predicted molar refractivity (Wildman–Crippen MR) is 107 cm³/mol. The van der Waals surface area contributed by atoms with Crippen molar-refractivity contribution in [1.29, 1.82) is 0 Å². The Morgan fingerprint density at radius 1 is 1.15 bits per heavy atom.